The molecule has 1 aromatic carbocycles. The van der Waals surface area contributed by atoms with E-state index in [1.165, 1.54) is 6.42 Å². The molecule has 0 aromatic heterocycles. The van der Waals surface area contributed by atoms with Crippen molar-refractivity contribution in [1.82, 2.24) is 0 Å². The standard InChI is InChI=1S/C19H29PSi2.C3H5.ClH.Pd/c1-13-17-15-11-9-10-12-16(15)20(19(13)22(6,7)8)14(2)18(17)21(3,4)5;1-3-2;;/h9-12,17H,1-8H3;3H,1-2H2;1H;/q;;;+2/p-1. The first-order valence-electron chi connectivity index (χ1n) is 9.30. The zero-order chi connectivity index (χ0) is 21.2. The SMILES string of the molecule is CC1=C([Si](C)(C)C)P2C(C)=C([Si](C)(C)C)C1c1ccccc12.[CH2][CH][CH2].[Cl][Pd+]. The molecule has 3 radical (unpaired) electrons. The quantitative estimate of drug-likeness (QED) is 0.273. The van der Waals surface area contributed by atoms with Crippen molar-refractivity contribution in [2.45, 2.75) is 59.0 Å². The van der Waals surface area contributed by atoms with Crippen molar-refractivity contribution in [2.24, 2.45) is 0 Å². The van der Waals surface area contributed by atoms with Crippen molar-refractivity contribution in [3.63, 3.8) is 0 Å². The molecule has 0 saturated heterocycles. The van der Waals surface area contributed by atoms with Crippen LogP contribution in [0.1, 0.15) is 25.3 Å². The van der Waals surface area contributed by atoms with Gasteiger partial charge in [0.2, 0.25) is 0 Å². The summed E-state index contributed by atoms with van der Waals surface area (Å²) in [5, 5.41) is 5.28. The maximum atomic E-state index is 4.49. The van der Waals surface area contributed by atoms with E-state index in [9.17, 15) is 0 Å². The third-order valence-electron chi connectivity index (χ3n) is 5.05. The fourth-order valence-corrected chi connectivity index (χ4v) is 15.6. The van der Waals surface area contributed by atoms with Crippen molar-refractivity contribution in [2.75, 3.05) is 0 Å². The maximum absolute atomic E-state index is 4.49. The number of hydrogen-bond acceptors (Lipinski definition) is 0. The first-order valence-corrected chi connectivity index (χ1v) is 19.6. The van der Waals surface area contributed by atoms with Gasteiger partial charge in [-0.3, -0.25) is 0 Å². The molecule has 4 rings (SSSR count). The molecule has 0 aliphatic carbocycles. The second-order valence-corrected chi connectivity index (χ2v) is 21.9. The van der Waals surface area contributed by atoms with Crippen LogP contribution in [0.25, 0.3) is 0 Å². The van der Waals surface area contributed by atoms with Crippen LogP contribution in [0, 0.1) is 20.3 Å². The van der Waals surface area contributed by atoms with E-state index in [4.69, 9.17) is 0 Å². The summed E-state index contributed by atoms with van der Waals surface area (Å²) in [6.45, 7) is 26.6. The van der Waals surface area contributed by atoms with Crippen LogP contribution in [-0.4, -0.2) is 16.1 Å². The van der Waals surface area contributed by atoms with Crippen LogP contribution in [0.3, 0.4) is 0 Å². The summed E-state index contributed by atoms with van der Waals surface area (Å²) in [6, 6.07) is 9.33. The minimum atomic E-state index is -1.29. The zero-order valence-corrected chi connectivity index (χ0v) is 23.2. The monoisotopic (exact) mass is 526 g/mol. The Morgan fingerprint density at radius 3 is 1.89 bits per heavy atom. The Kier molecular flexibility index (Phi) is 9.48. The molecule has 0 N–H and O–H groups in total. The topological polar surface area (TPSA) is 0 Å². The minimum absolute atomic E-state index is 0.219. The van der Waals surface area contributed by atoms with Crippen molar-refractivity contribution in [3.05, 3.63) is 71.1 Å². The van der Waals surface area contributed by atoms with E-state index in [2.05, 4.69) is 119 Å². The molecule has 2 atom stereocenters. The van der Waals surface area contributed by atoms with Crippen molar-refractivity contribution >= 4 is 38.9 Å². The van der Waals surface area contributed by atoms with E-state index in [1.807, 2.05) is 10.1 Å². The van der Waals surface area contributed by atoms with Gasteiger partial charge in [0.1, 0.15) is 0 Å². The molecule has 0 fully saturated rings. The van der Waals surface area contributed by atoms with Crippen molar-refractivity contribution in [1.29, 1.82) is 0 Å². The summed E-state index contributed by atoms with van der Waals surface area (Å²) in [4.78, 5) is 1.88. The Morgan fingerprint density at radius 2 is 1.44 bits per heavy atom. The normalized spacial score (nSPS) is 21.2. The Bertz CT molecular complexity index is 666. The van der Waals surface area contributed by atoms with E-state index in [0.717, 1.165) is 0 Å². The summed E-state index contributed by atoms with van der Waals surface area (Å²) in [7, 11) is 1.69. The van der Waals surface area contributed by atoms with Crippen LogP contribution in [0.2, 0.25) is 39.3 Å². The Hall–Kier alpha value is 0.516. The molecule has 0 amide bonds. The van der Waals surface area contributed by atoms with Gasteiger partial charge < -0.3 is 0 Å². The summed E-state index contributed by atoms with van der Waals surface area (Å²) in [6.07, 6.45) is 1.50. The predicted octanol–water partition coefficient (Wildman–Crippen LogP) is 7.75. The van der Waals surface area contributed by atoms with Gasteiger partial charge >= 0.3 is 27.7 Å². The average molecular weight is 528 g/mol. The van der Waals surface area contributed by atoms with E-state index in [-0.39, 0.29) is 7.92 Å². The van der Waals surface area contributed by atoms with Gasteiger partial charge in [-0.1, -0.05) is 79.3 Å². The molecule has 5 heteroatoms. The molecule has 3 aliphatic rings. The van der Waals surface area contributed by atoms with Crippen LogP contribution in [0.15, 0.2) is 45.3 Å². The fraction of sp³-hybridized carbons (Fsp3) is 0.409. The van der Waals surface area contributed by atoms with Crippen LogP contribution in [0.5, 0.6) is 0 Å². The molecule has 3 heterocycles. The van der Waals surface area contributed by atoms with Crippen LogP contribution in [0.4, 0.5) is 0 Å². The number of hydrogen-bond donors (Lipinski definition) is 0. The van der Waals surface area contributed by atoms with Gasteiger partial charge in [0.15, 0.2) is 0 Å². The molecule has 2 unspecified atom stereocenters. The van der Waals surface area contributed by atoms with Gasteiger partial charge in [-0.15, -0.1) is 0 Å². The second-order valence-electron chi connectivity index (χ2n) is 9.15. The zero-order valence-electron chi connectivity index (χ0n) is 18.0. The van der Waals surface area contributed by atoms with Crippen molar-refractivity contribution < 1.29 is 18.2 Å². The second kappa shape index (κ2) is 10.0. The van der Waals surface area contributed by atoms with E-state index in [1.54, 1.807) is 21.8 Å². The molecule has 2 bridgehead atoms. The summed E-state index contributed by atoms with van der Waals surface area (Å²) < 4.78 is 0. The van der Waals surface area contributed by atoms with Gasteiger partial charge in [0, 0.05) is 5.92 Å². The van der Waals surface area contributed by atoms with E-state index in [0.29, 0.717) is 5.92 Å². The van der Waals surface area contributed by atoms with Gasteiger partial charge in [-0.2, -0.15) is 0 Å². The average Bonchev–Trinajstić information content (AvgIpc) is 2.56. The van der Waals surface area contributed by atoms with Gasteiger partial charge in [-0.25, -0.2) is 0 Å². The molecule has 0 spiro atoms. The Labute approximate surface area is 186 Å². The third-order valence-corrected chi connectivity index (χ3v) is 14.6. The Morgan fingerprint density at radius 1 is 0.963 bits per heavy atom. The molecule has 3 aliphatic heterocycles. The summed E-state index contributed by atoms with van der Waals surface area (Å²) in [5.74, 6) is 0.595. The molecule has 1 aromatic rings. The van der Waals surface area contributed by atoms with Crippen LogP contribution >= 0.6 is 17.5 Å². The predicted molar refractivity (Wildman–Crippen MR) is 129 cm³/mol. The number of rotatable bonds is 2. The fourth-order valence-electron chi connectivity index (χ4n) is 4.55. The Balaban J connectivity index is 0.000000665. The van der Waals surface area contributed by atoms with Crippen LogP contribution in [-0.2, 0) is 18.2 Å². The van der Waals surface area contributed by atoms with E-state index < -0.39 is 16.1 Å². The molecule has 0 nitrogen and oxygen atoms in total. The van der Waals surface area contributed by atoms with Gasteiger partial charge in [0.25, 0.3) is 0 Å². The van der Waals surface area contributed by atoms with Crippen LogP contribution < -0.4 is 5.30 Å². The summed E-state index contributed by atoms with van der Waals surface area (Å²) in [5.41, 5.74) is 3.36. The molecule has 0 saturated carbocycles. The first-order chi connectivity index (χ1) is 12.5. The summed E-state index contributed by atoms with van der Waals surface area (Å²) >= 11 is 2.22. The number of halogens is 1. The first kappa shape index (κ1) is 25.6. The van der Waals surface area contributed by atoms with Gasteiger partial charge in [0.05, 0.1) is 16.1 Å². The third kappa shape index (κ3) is 5.17. The van der Waals surface area contributed by atoms with E-state index >= 15 is 0 Å². The number of allylic oxidation sites excluding steroid dienone is 3. The molecule has 27 heavy (non-hydrogen) atoms. The number of benzene rings is 1. The van der Waals surface area contributed by atoms with Gasteiger partial charge in [-0.05, 0) is 58.2 Å². The molecular formula is C22H34ClPPdSi2+. The molecular weight excluding hydrogens is 493 g/mol. The molecule has 151 valence electrons. The van der Waals surface area contributed by atoms with Crippen molar-refractivity contribution in [3.8, 4) is 0 Å².